The lowest BCUT2D eigenvalue weighted by Crippen LogP contribution is -2.31. The van der Waals surface area contributed by atoms with Crippen molar-refractivity contribution in [3.8, 4) is 0 Å². The molecule has 1 rings (SSSR count). The zero-order valence-electron chi connectivity index (χ0n) is 15.0. The van der Waals surface area contributed by atoms with Crippen molar-refractivity contribution < 1.29 is 24.2 Å². The topological polar surface area (TPSA) is 80.7 Å². The van der Waals surface area contributed by atoms with E-state index >= 15 is 0 Å². The normalized spacial score (nSPS) is 19.5. The average molecular weight is 316 g/mol. The zero-order chi connectivity index (χ0) is 18.1. The number of carbonyl (C=O) groups excluding carboxylic acids is 3. The summed E-state index contributed by atoms with van der Waals surface area (Å²) >= 11 is 0. The van der Waals surface area contributed by atoms with Crippen molar-refractivity contribution >= 4 is 18.5 Å². The Morgan fingerprint density at radius 1 is 1.27 bits per heavy atom. The molecule has 0 spiro atoms. The molecular formula is C17H32O5. The fourth-order valence-corrected chi connectivity index (χ4v) is 2.04. The molecule has 22 heavy (non-hydrogen) atoms. The van der Waals surface area contributed by atoms with Gasteiger partial charge in [-0.2, -0.15) is 0 Å². The van der Waals surface area contributed by atoms with Crippen LogP contribution in [0.2, 0.25) is 0 Å². The second-order valence-electron chi connectivity index (χ2n) is 3.68. The first-order valence-electron chi connectivity index (χ1n) is 7.97. The molecule has 5 nitrogen and oxygen atoms in total. The Hall–Kier alpha value is -1.49. The lowest BCUT2D eigenvalue weighted by atomic mass is 9.82. The summed E-state index contributed by atoms with van der Waals surface area (Å²) in [6.45, 7) is 11.8. The zero-order valence-corrected chi connectivity index (χ0v) is 15.0. The van der Waals surface area contributed by atoms with E-state index in [0.29, 0.717) is 24.6 Å². The van der Waals surface area contributed by atoms with E-state index < -0.39 is 23.7 Å². The molecule has 0 radical (unpaired) electrons. The minimum atomic E-state index is -0.944. The first-order chi connectivity index (χ1) is 10.7. The van der Waals surface area contributed by atoms with Crippen molar-refractivity contribution in [1.29, 1.82) is 0 Å². The molecule has 0 aromatic rings. The Labute approximate surface area is 134 Å². The molecule has 1 aliphatic rings. The third-order valence-corrected chi connectivity index (χ3v) is 2.95. The third kappa shape index (κ3) is 7.50. The van der Waals surface area contributed by atoms with Gasteiger partial charge < -0.3 is 19.4 Å². The molecule has 0 aromatic carbocycles. The molecule has 5 heteroatoms. The van der Waals surface area contributed by atoms with Gasteiger partial charge >= 0.3 is 5.97 Å². The van der Waals surface area contributed by atoms with Crippen LogP contribution in [0.4, 0.5) is 0 Å². The van der Waals surface area contributed by atoms with Crippen LogP contribution in [0, 0.1) is 17.8 Å². The molecule has 0 aromatic heterocycles. The van der Waals surface area contributed by atoms with Gasteiger partial charge in [-0.05, 0) is 17.9 Å². The van der Waals surface area contributed by atoms with E-state index in [2.05, 4.69) is 4.74 Å². The van der Waals surface area contributed by atoms with Crippen LogP contribution in [0.5, 0.6) is 0 Å². The summed E-state index contributed by atoms with van der Waals surface area (Å²) in [4.78, 5) is 33.1. The van der Waals surface area contributed by atoms with E-state index in [1.807, 2.05) is 41.5 Å². The van der Waals surface area contributed by atoms with Gasteiger partial charge in [0.05, 0.1) is 13.7 Å². The molecule has 0 saturated carbocycles. The van der Waals surface area contributed by atoms with Crippen LogP contribution in [-0.4, -0.2) is 37.4 Å². The van der Waals surface area contributed by atoms with Crippen LogP contribution in [0.15, 0.2) is 11.6 Å². The highest BCUT2D eigenvalue weighted by Gasteiger charge is 2.38. The van der Waals surface area contributed by atoms with Crippen LogP contribution in [-0.2, 0) is 19.1 Å². The van der Waals surface area contributed by atoms with Gasteiger partial charge in [0, 0.05) is 5.92 Å². The van der Waals surface area contributed by atoms with Gasteiger partial charge in [-0.15, -0.1) is 0 Å². The largest absolute Gasteiger partial charge is 0.468 e. The van der Waals surface area contributed by atoms with Crippen molar-refractivity contribution in [3.63, 3.8) is 0 Å². The summed E-state index contributed by atoms with van der Waals surface area (Å²) in [5, 5.41) is 9.00. The fraction of sp³-hybridized carbons (Fsp3) is 0.706. The minimum Gasteiger partial charge on any atom is -0.468 e. The average Bonchev–Trinajstić information content (AvgIpc) is 3.03. The number of ether oxygens (including phenoxy) is 1. The molecular weight excluding hydrogens is 284 g/mol. The fourth-order valence-electron chi connectivity index (χ4n) is 2.04. The van der Waals surface area contributed by atoms with Gasteiger partial charge in [0.25, 0.3) is 0 Å². The number of hydrogen-bond donors (Lipinski definition) is 1. The lowest BCUT2D eigenvalue weighted by molar-refractivity contribution is -0.149. The molecule has 3 unspecified atom stereocenters. The number of aldehydes is 2. The van der Waals surface area contributed by atoms with Gasteiger partial charge in [0.1, 0.15) is 18.5 Å². The van der Waals surface area contributed by atoms with Crippen LogP contribution < -0.4 is 0 Å². The number of allylic oxidation sites excluding steroid dienone is 1. The van der Waals surface area contributed by atoms with Gasteiger partial charge in [-0.1, -0.05) is 47.6 Å². The second kappa shape index (κ2) is 17.6. The molecule has 0 bridgehead atoms. The summed E-state index contributed by atoms with van der Waals surface area (Å²) in [5.74, 6) is -2.58. The third-order valence-electron chi connectivity index (χ3n) is 2.95. The van der Waals surface area contributed by atoms with E-state index in [1.54, 1.807) is 6.08 Å². The van der Waals surface area contributed by atoms with E-state index in [-0.39, 0.29) is 6.61 Å². The SMILES string of the molecule is CC.CC.CC.COC(=O)C(C=O)C1CC=C(CO)C1C=O. The maximum absolute atomic E-state index is 11.3. The number of aliphatic hydroxyl groups excluding tert-OH is 1. The van der Waals surface area contributed by atoms with Crippen LogP contribution in [0.1, 0.15) is 48.0 Å². The minimum absolute atomic E-state index is 0.230. The smallest absolute Gasteiger partial charge is 0.316 e. The monoisotopic (exact) mass is 316 g/mol. The van der Waals surface area contributed by atoms with E-state index in [4.69, 9.17) is 5.11 Å². The summed E-state index contributed by atoms with van der Waals surface area (Å²) in [5.41, 5.74) is 0.566. The summed E-state index contributed by atoms with van der Waals surface area (Å²) in [7, 11) is 1.20. The molecule has 130 valence electrons. The van der Waals surface area contributed by atoms with Crippen LogP contribution >= 0.6 is 0 Å². The van der Waals surface area contributed by atoms with Gasteiger partial charge in [-0.3, -0.25) is 4.79 Å². The van der Waals surface area contributed by atoms with Gasteiger partial charge in [0.15, 0.2) is 0 Å². The number of esters is 1. The standard InChI is InChI=1S/C11H14O5.3C2H6/c1-16-11(15)10(6-14)8-3-2-7(4-12)9(8)5-13;3*1-2/h2,5-6,8-10,12H,3-4H2,1H3;3*1-2H3. The van der Waals surface area contributed by atoms with Crippen LogP contribution in [0.25, 0.3) is 0 Å². The molecule has 0 aliphatic heterocycles. The Bertz CT molecular complexity index is 323. The lowest BCUT2D eigenvalue weighted by Gasteiger charge is -2.20. The first-order valence-corrected chi connectivity index (χ1v) is 7.97. The Morgan fingerprint density at radius 3 is 2.09 bits per heavy atom. The summed E-state index contributed by atoms with van der Waals surface area (Å²) < 4.78 is 4.51. The van der Waals surface area contributed by atoms with E-state index in [1.165, 1.54) is 7.11 Å². The Kier molecular flexibility index (Phi) is 20.3. The summed E-state index contributed by atoms with van der Waals surface area (Å²) in [6, 6.07) is 0. The predicted molar refractivity (Wildman–Crippen MR) is 88.4 cm³/mol. The quantitative estimate of drug-likeness (QED) is 0.365. The van der Waals surface area contributed by atoms with Crippen molar-refractivity contribution in [3.05, 3.63) is 11.6 Å². The second-order valence-corrected chi connectivity index (χ2v) is 3.68. The molecule has 1 aliphatic carbocycles. The molecule has 3 atom stereocenters. The Balaban J connectivity index is -0.000000535. The van der Waals surface area contributed by atoms with Crippen molar-refractivity contribution in [1.82, 2.24) is 0 Å². The Morgan fingerprint density at radius 2 is 1.77 bits per heavy atom. The maximum Gasteiger partial charge on any atom is 0.316 e. The van der Waals surface area contributed by atoms with Crippen molar-refractivity contribution in [2.45, 2.75) is 48.0 Å². The van der Waals surface area contributed by atoms with E-state index in [0.717, 1.165) is 0 Å². The predicted octanol–water partition coefficient (Wildman–Crippen LogP) is 2.81. The number of rotatable bonds is 5. The van der Waals surface area contributed by atoms with Crippen molar-refractivity contribution in [2.75, 3.05) is 13.7 Å². The summed E-state index contributed by atoms with van der Waals surface area (Å²) in [6.07, 6.45) is 3.29. The molecule has 0 heterocycles. The number of methoxy groups -OCH3 is 1. The highest BCUT2D eigenvalue weighted by atomic mass is 16.5. The van der Waals surface area contributed by atoms with Crippen LogP contribution in [0.3, 0.4) is 0 Å². The van der Waals surface area contributed by atoms with E-state index in [9.17, 15) is 14.4 Å². The first kappa shape index (κ1) is 25.5. The molecule has 0 saturated heterocycles. The molecule has 1 N–H and O–H groups in total. The van der Waals surface area contributed by atoms with Crippen molar-refractivity contribution in [2.24, 2.45) is 17.8 Å². The van der Waals surface area contributed by atoms with Gasteiger partial charge in [-0.25, -0.2) is 0 Å². The van der Waals surface area contributed by atoms with Gasteiger partial charge in [0.2, 0.25) is 0 Å². The highest BCUT2D eigenvalue weighted by Crippen LogP contribution is 2.35. The molecule has 0 fully saturated rings. The highest BCUT2D eigenvalue weighted by molar-refractivity contribution is 5.89. The molecule has 0 amide bonds. The number of aliphatic hydroxyl groups is 1. The maximum atomic E-state index is 11.3. The number of carbonyl (C=O) groups is 3. The number of hydrogen-bond acceptors (Lipinski definition) is 5.